The summed E-state index contributed by atoms with van der Waals surface area (Å²) in [4.78, 5) is 26.3. The first-order valence-electron chi connectivity index (χ1n) is 10.7. The van der Waals surface area contributed by atoms with E-state index >= 15 is 0 Å². The molecule has 0 aliphatic carbocycles. The van der Waals surface area contributed by atoms with Gasteiger partial charge in [-0.2, -0.15) is 13.8 Å². The average molecular weight is 470 g/mol. The number of halogens is 2. The monoisotopic (exact) mass is 469 g/mol. The van der Waals surface area contributed by atoms with Crippen LogP contribution < -0.4 is 10.2 Å². The number of alkyl halides is 2. The Morgan fingerprint density at radius 2 is 1.70 bits per heavy atom. The number of benzene rings is 2. The van der Waals surface area contributed by atoms with Gasteiger partial charge >= 0.3 is 0 Å². The number of hydrogen-bond donors (Lipinski definition) is 1. The highest BCUT2D eigenvalue weighted by atomic mass is 32.2. The molecule has 1 aliphatic rings. The lowest BCUT2D eigenvalue weighted by molar-refractivity contribution is 0.0742. The number of anilines is 3. The second kappa shape index (κ2) is 10.2. The van der Waals surface area contributed by atoms with Crippen molar-refractivity contribution in [2.75, 3.05) is 36.4 Å². The van der Waals surface area contributed by atoms with Crippen molar-refractivity contribution < 1.29 is 13.6 Å². The van der Waals surface area contributed by atoms with Crippen molar-refractivity contribution in [2.45, 2.75) is 24.5 Å². The highest BCUT2D eigenvalue weighted by Gasteiger charge is 2.26. The molecule has 2 aromatic carbocycles. The minimum Gasteiger partial charge on any atom is -0.340 e. The second-order valence-corrected chi connectivity index (χ2v) is 8.87. The number of carbonyl (C=O) groups excluding carboxylic acids is 1. The van der Waals surface area contributed by atoms with Gasteiger partial charge in [0.2, 0.25) is 5.95 Å². The number of nitrogens with one attached hydrogen (secondary N) is 1. The molecule has 4 rings (SSSR count). The van der Waals surface area contributed by atoms with Crippen LogP contribution in [0.2, 0.25) is 0 Å². The van der Waals surface area contributed by atoms with Crippen molar-refractivity contribution in [3.8, 4) is 0 Å². The summed E-state index contributed by atoms with van der Waals surface area (Å²) in [5.74, 6) is -1.49. The average Bonchev–Trinajstić information content (AvgIpc) is 2.80. The third-order valence-electron chi connectivity index (χ3n) is 5.35. The molecule has 1 aromatic heterocycles. The Morgan fingerprint density at radius 3 is 2.39 bits per heavy atom. The minimum absolute atomic E-state index is 0.231. The van der Waals surface area contributed by atoms with E-state index in [-0.39, 0.29) is 5.91 Å². The number of aromatic nitrogens is 2. The topological polar surface area (TPSA) is 61.4 Å². The highest BCUT2D eigenvalue weighted by molar-refractivity contribution is 7.99. The fraction of sp³-hybridized carbons (Fsp3) is 0.292. The van der Waals surface area contributed by atoms with Crippen LogP contribution >= 0.6 is 11.8 Å². The lowest BCUT2D eigenvalue weighted by Crippen LogP contribution is -2.49. The second-order valence-electron chi connectivity index (χ2n) is 7.84. The molecule has 1 aliphatic heterocycles. The molecule has 0 unspecified atom stereocenters. The zero-order valence-corrected chi connectivity index (χ0v) is 19.3. The number of carbonyl (C=O) groups is 1. The summed E-state index contributed by atoms with van der Waals surface area (Å²) >= 11 is 0.401. The largest absolute Gasteiger partial charge is 0.340 e. The van der Waals surface area contributed by atoms with Crippen LogP contribution in [0.5, 0.6) is 0 Å². The van der Waals surface area contributed by atoms with Crippen molar-refractivity contribution in [2.24, 2.45) is 0 Å². The maximum absolute atomic E-state index is 13.0. The van der Waals surface area contributed by atoms with Crippen LogP contribution in [0.3, 0.4) is 0 Å². The molecule has 2 heterocycles. The van der Waals surface area contributed by atoms with Crippen LogP contribution in [-0.4, -0.2) is 52.7 Å². The van der Waals surface area contributed by atoms with Gasteiger partial charge < -0.3 is 15.1 Å². The van der Waals surface area contributed by atoms with Gasteiger partial charge in [0.1, 0.15) is 5.82 Å². The van der Waals surface area contributed by atoms with E-state index in [1.165, 1.54) is 5.56 Å². The number of hydrogen-bond acceptors (Lipinski definition) is 6. The fourth-order valence-electron chi connectivity index (χ4n) is 3.67. The molecule has 1 fully saturated rings. The van der Waals surface area contributed by atoms with Gasteiger partial charge in [0.05, 0.1) is 5.56 Å². The van der Waals surface area contributed by atoms with Crippen LogP contribution in [0.25, 0.3) is 0 Å². The maximum Gasteiger partial charge on any atom is 0.288 e. The predicted octanol–water partition coefficient (Wildman–Crippen LogP) is 5.11. The number of rotatable bonds is 6. The number of nitrogens with zero attached hydrogens (tertiary/aromatic N) is 4. The van der Waals surface area contributed by atoms with Gasteiger partial charge in [-0.05, 0) is 38.1 Å². The number of amides is 1. The van der Waals surface area contributed by atoms with E-state index < -0.39 is 5.76 Å². The molecule has 0 radical (unpaired) electrons. The Balaban J connectivity index is 1.43. The molecule has 6 nitrogen and oxygen atoms in total. The highest BCUT2D eigenvalue weighted by Crippen LogP contribution is 2.29. The van der Waals surface area contributed by atoms with E-state index in [1.54, 1.807) is 29.2 Å². The third-order valence-corrected chi connectivity index (χ3v) is 6.14. The lowest BCUT2D eigenvalue weighted by atomic mass is 10.2. The first kappa shape index (κ1) is 23.0. The van der Waals surface area contributed by atoms with E-state index in [2.05, 4.69) is 15.3 Å². The Labute approximate surface area is 196 Å². The Hall–Kier alpha value is -3.20. The van der Waals surface area contributed by atoms with E-state index in [9.17, 15) is 13.6 Å². The predicted molar refractivity (Wildman–Crippen MR) is 128 cm³/mol. The van der Waals surface area contributed by atoms with E-state index in [0.29, 0.717) is 60.2 Å². The number of piperazine rings is 1. The smallest absolute Gasteiger partial charge is 0.288 e. The molecule has 1 amide bonds. The van der Waals surface area contributed by atoms with Crippen LogP contribution in [0, 0.1) is 13.8 Å². The van der Waals surface area contributed by atoms with Gasteiger partial charge in [0.15, 0.2) is 0 Å². The van der Waals surface area contributed by atoms with Gasteiger partial charge in [0, 0.05) is 48.5 Å². The molecule has 3 aromatic rings. The molecular weight excluding hydrogens is 444 g/mol. The molecule has 1 N–H and O–H groups in total. The summed E-state index contributed by atoms with van der Waals surface area (Å²) in [5, 5.41) is 3.32. The Morgan fingerprint density at radius 1 is 1.00 bits per heavy atom. The zero-order chi connectivity index (χ0) is 23.4. The van der Waals surface area contributed by atoms with E-state index in [4.69, 9.17) is 0 Å². The number of thioether (sulfide) groups is 1. The van der Waals surface area contributed by atoms with Crippen LogP contribution in [0.1, 0.15) is 21.6 Å². The van der Waals surface area contributed by atoms with Crippen molar-refractivity contribution in [1.29, 1.82) is 0 Å². The molecule has 0 spiro atoms. The van der Waals surface area contributed by atoms with Crippen LogP contribution in [0.15, 0.2) is 59.5 Å². The first-order chi connectivity index (χ1) is 15.9. The minimum atomic E-state index is -2.57. The van der Waals surface area contributed by atoms with Crippen LogP contribution in [0.4, 0.5) is 26.2 Å². The molecule has 0 saturated carbocycles. The van der Waals surface area contributed by atoms with Gasteiger partial charge in [-0.1, -0.05) is 41.6 Å². The van der Waals surface area contributed by atoms with Gasteiger partial charge in [-0.25, -0.2) is 4.98 Å². The summed E-state index contributed by atoms with van der Waals surface area (Å²) in [6, 6.07) is 16.5. The Bertz CT molecular complexity index is 1120. The first-order valence-corrected chi connectivity index (χ1v) is 11.5. The summed E-state index contributed by atoms with van der Waals surface area (Å²) in [7, 11) is 0. The van der Waals surface area contributed by atoms with E-state index in [0.717, 1.165) is 11.4 Å². The van der Waals surface area contributed by atoms with Crippen molar-refractivity contribution in [3.63, 3.8) is 0 Å². The fourth-order valence-corrected chi connectivity index (χ4v) is 4.30. The molecule has 0 bridgehead atoms. The van der Waals surface area contributed by atoms with Gasteiger partial charge in [0.25, 0.3) is 11.7 Å². The maximum atomic E-state index is 13.0. The van der Waals surface area contributed by atoms with Crippen molar-refractivity contribution in [3.05, 3.63) is 71.4 Å². The molecule has 172 valence electrons. The molecule has 33 heavy (non-hydrogen) atoms. The molecule has 9 heteroatoms. The van der Waals surface area contributed by atoms with Crippen molar-refractivity contribution in [1.82, 2.24) is 14.9 Å². The molecular formula is C24H25F2N5OS. The summed E-state index contributed by atoms with van der Waals surface area (Å²) in [6.07, 6.45) is 0. The SMILES string of the molecule is Cc1ccc(Nc2cc(C)nc(N3CCN(C(=O)c4ccccc4SC(F)F)CC3)n2)cc1. The standard InChI is InChI=1S/C24H25F2N5OS/c1-16-7-9-18(10-8-16)28-21-15-17(2)27-24(29-21)31-13-11-30(12-14-31)22(32)19-5-3-4-6-20(19)33-23(25)26/h3-10,15,23H,11-14H2,1-2H3,(H,27,28,29). The van der Waals surface area contributed by atoms with Crippen LogP contribution in [-0.2, 0) is 0 Å². The molecule has 1 saturated heterocycles. The van der Waals surface area contributed by atoms with E-state index in [1.807, 2.05) is 49.1 Å². The summed E-state index contributed by atoms with van der Waals surface area (Å²) in [5.41, 5.74) is 3.28. The van der Waals surface area contributed by atoms with Gasteiger partial charge in [-0.3, -0.25) is 4.79 Å². The normalized spacial score (nSPS) is 14.0. The third kappa shape index (κ3) is 5.78. The quantitative estimate of drug-likeness (QED) is 0.506. The lowest BCUT2D eigenvalue weighted by Gasteiger charge is -2.35. The number of aryl methyl sites for hydroxylation is 2. The summed E-state index contributed by atoms with van der Waals surface area (Å²) < 4.78 is 25.8. The zero-order valence-electron chi connectivity index (χ0n) is 18.5. The molecule has 0 atom stereocenters. The Kier molecular flexibility index (Phi) is 7.08. The van der Waals surface area contributed by atoms with Crippen molar-refractivity contribution >= 4 is 35.1 Å². The van der Waals surface area contributed by atoms with Gasteiger partial charge in [-0.15, -0.1) is 0 Å². The summed E-state index contributed by atoms with van der Waals surface area (Å²) in [6.45, 7) is 6.00.